The number of rotatable bonds is 3. The van der Waals surface area contributed by atoms with Crippen LogP contribution in [-0.4, -0.2) is 23.4 Å². The van der Waals surface area contributed by atoms with Crippen molar-refractivity contribution in [2.75, 3.05) is 0 Å². The first-order valence-electron chi connectivity index (χ1n) is 7.89. The summed E-state index contributed by atoms with van der Waals surface area (Å²) in [5, 5.41) is 10.9. The average molecular weight is 254 g/mol. The van der Waals surface area contributed by atoms with Crippen molar-refractivity contribution in [2.45, 2.75) is 78.1 Å². The first-order valence-corrected chi connectivity index (χ1v) is 7.89. The minimum Gasteiger partial charge on any atom is -0.392 e. The van der Waals surface area contributed by atoms with E-state index in [1.54, 1.807) is 0 Å². The Morgan fingerprint density at radius 2 is 1.78 bits per heavy atom. The molecule has 0 radical (unpaired) electrons. The first-order chi connectivity index (χ1) is 8.56. The summed E-state index contributed by atoms with van der Waals surface area (Å²) < 4.78 is 5.91. The van der Waals surface area contributed by atoms with E-state index in [4.69, 9.17) is 4.74 Å². The molecule has 0 aromatic carbocycles. The minimum atomic E-state index is -0.162. The number of aliphatic hydroxyl groups excluding tert-OH is 1. The molecule has 0 spiro atoms. The molecule has 2 rings (SSSR count). The molecule has 2 nitrogen and oxygen atoms in total. The van der Waals surface area contributed by atoms with Crippen LogP contribution in [0.15, 0.2) is 0 Å². The lowest BCUT2D eigenvalue weighted by Crippen LogP contribution is -2.40. The van der Waals surface area contributed by atoms with E-state index in [-0.39, 0.29) is 12.2 Å². The Bertz CT molecular complexity index is 266. The van der Waals surface area contributed by atoms with Gasteiger partial charge in [-0.05, 0) is 38.0 Å². The van der Waals surface area contributed by atoms with Crippen LogP contribution in [0.2, 0.25) is 0 Å². The highest BCUT2D eigenvalue weighted by atomic mass is 16.5. The maximum Gasteiger partial charge on any atom is 0.0627 e. The molecule has 2 aliphatic rings. The predicted molar refractivity (Wildman–Crippen MR) is 74.4 cm³/mol. The Labute approximate surface area is 112 Å². The maximum absolute atomic E-state index is 10.9. The van der Waals surface area contributed by atoms with Crippen molar-refractivity contribution in [1.29, 1.82) is 0 Å². The number of aliphatic hydroxyl groups is 1. The van der Waals surface area contributed by atoms with E-state index in [9.17, 15) is 5.11 Å². The summed E-state index contributed by atoms with van der Waals surface area (Å²) in [5.41, 5.74) is 0. The fourth-order valence-electron chi connectivity index (χ4n) is 4.36. The van der Waals surface area contributed by atoms with Crippen LogP contribution in [0.1, 0.15) is 59.8 Å². The van der Waals surface area contributed by atoms with Crippen LogP contribution >= 0.6 is 0 Å². The van der Waals surface area contributed by atoms with Crippen LogP contribution in [0.4, 0.5) is 0 Å². The number of ether oxygens (including phenoxy) is 1. The number of hydrogen-bond donors (Lipinski definition) is 1. The van der Waals surface area contributed by atoms with Gasteiger partial charge >= 0.3 is 0 Å². The molecule has 2 heteroatoms. The van der Waals surface area contributed by atoms with Crippen molar-refractivity contribution in [1.82, 2.24) is 0 Å². The molecule has 2 fully saturated rings. The molecule has 0 bridgehead atoms. The summed E-state index contributed by atoms with van der Waals surface area (Å²) in [5.74, 6) is 2.04. The van der Waals surface area contributed by atoms with E-state index in [0.29, 0.717) is 23.9 Å². The van der Waals surface area contributed by atoms with Crippen LogP contribution < -0.4 is 0 Å². The van der Waals surface area contributed by atoms with E-state index >= 15 is 0 Å². The molecular weight excluding hydrogens is 224 g/mol. The van der Waals surface area contributed by atoms with Gasteiger partial charge in [0.1, 0.15) is 0 Å². The van der Waals surface area contributed by atoms with Gasteiger partial charge in [-0.25, -0.2) is 0 Å². The SMILES string of the molecule is CCC1CCCCC1C(O)C1C(C)OC(C)C1C. The second-order valence-electron chi connectivity index (χ2n) is 6.59. The zero-order chi connectivity index (χ0) is 13.3. The summed E-state index contributed by atoms with van der Waals surface area (Å²) in [7, 11) is 0. The van der Waals surface area contributed by atoms with Crippen molar-refractivity contribution in [3.8, 4) is 0 Å². The van der Waals surface area contributed by atoms with E-state index in [0.717, 1.165) is 5.92 Å². The maximum atomic E-state index is 10.9. The van der Waals surface area contributed by atoms with Gasteiger partial charge in [-0.2, -0.15) is 0 Å². The molecule has 18 heavy (non-hydrogen) atoms. The Morgan fingerprint density at radius 1 is 1.11 bits per heavy atom. The molecule has 1 aliphatic heterocycles. The van der Waals surface area contributed by atoms with Gasteiger partial charge in [0.25, 0.3) is 0 Å². The van der Waals surface area contributed by atoms with Crippen LogP contribution in [0.25, 0.3) is 0 Å². The minimum absolute atomic E-state index is 0.162. The first kappa shape index (κ1) is 14.3. The topological polar surface area (TPSA) is 29.5 Å². The zero-order valence-corrected chi connectivity index (χ0v) is 12.4. The van der Waals surface area contributed by atoms with Crippen molar-refractivity contribution in [2.24, 2.45) is 23.7 Å². The molecule has 7 atom stereocenters. The van der Waals surface area contributed by atoms with Gasteiger partial charge in [-0.1, -0.05) is 39.5 Å². The lowest BCUT2D eigenvalue weighted by molar-refractivity contribution is -0.0288. The van der Waals surface area contributed by atoms with Gasteiger partial charge in [0, 0.05) is 5.92 Å². The molecular formula is C16H30O2. The summed E-state index contributed by atoms with van der Waals surface area (Å²) in [6.07, 6.45) is 6.73. The van der Waals surface area contributed by atoms with Crippen molar-refractivity contribution in [3.05, 3.63) is 0 Å². The van der Waals surface area contributed by atoms with E-state index < -0.39 is 0 Å². The van der Waals surface area contributed by atoms with E-state index in [1.165, 1.54) is 32.1 Å². The molecule has 1 saturated carbocycles. The fourth-order valence-corrected chi connectivity index (χ4v) is 4.36. The predicted octanol–water partition coefficient (Wildman–Crippen LogP) is 3.62. The van der Waals surface area contributed by atoms with E-state index in [1.807, 2.05) is 0 Å². The summed E-state index contributed by atoms with van der Waals surface area (Å²) in [6, 6.07) is 0. The molecule has 7 unspecified atom stereocenters. The third-order valence-electron chi connectivity index (χ3n) is 5.64. The Balaban J connectivity index is 2.07. The van der Waals surface area contributed by atoms with Crippen molar-refractivity contribution < 1.29 is 9.84 Å². The largest absolute Gasteiger partial charge is 0.392 e. The molecule has 0 amide bonds. The molecule has 0 aromatic heterocycles. The van der Waals surface area contributed by atoms with Crippen LogP contribution in [0, 0.1) is 23.7 Å². The zero-order valence-electron chi connectivity index (χ0n) is 12.4. The average Bonchev–Trinajstić information content (AvgIpc) is 2.62. The standard InChI is InChI=1S/C16H30O2/c1-5-13-8-6-7-9-14(13)16(17)15-10(2)11(3)18-12(15)4/h10-17H,5-9H2,1-4H3. The fraction of sp³-hybridized carbons (Fsp3) is 1.00. The highest BCUT2D eigenvalue weighted by molar-refractivity contribution is 4.93. The molecule has 1 aliphatic carbocycles. The normalized spacial score (nSPS) is 47.2. The van der Waals surface area contributed by atoms with Crippen LogP contribution in [0.3, 0.4) is 0 Å². The van der Waals surface area contributed by atoms with Crippen molar-refractivity contribution in [3.63, 3.8) is 0 Å². The van der Waals surface area contributed by atoms with Gasteiger partial charge < -0.3 is 9.84 Å². The Morgan fingerprint density at radius 3 is 2.33 bits per heavy atom. The smallest absolute Gasteiger partial charge is 0.0627 e. The molecule has 1 heterocycles. The van der Waals surface area contributed by atoms with Crippen LogP contribution in [-0.2, 0) is 4.74 Å². The summed E-state index contributed by atoms with van der Waals surface area (Å²) in [6.45, 7) is 8.80. The highest BCUT2D eigenvalue weighted by Gasteiger charge is 2.45. The van der Waals surface area contributed by atoms with Crippen molar-refractivity contribution >= 4 is 0 Å². The summed E-state index contributed by atoms with van der Waals surface area (Å²) in [4.78, 5) is 0. The number of hydrogen-bond acceptors (Lipinski definition) is 2. The lowest BCUT2D eigenvalue weighted by Gasteiger charge is -2.38. The highest BCUT2D eigenvalue weighted by Crippen LogP contribution is 2.42. The van der Waals surface area contributed by atoms with E-state index in [2.05, 4.69) is 27.7 Å². The third-order valence-corrected chi connectivity index (χ3v) is 5.64. The quantitative estimate of drug-likeness (QED) is 0.833. The molecule has 1 saturated heterocycles. The third kappa shape index (κ3) is 2.60. The van der Waals surface area contributed by atoms with Gasteiger partial charge in [0.2, 0.25) is 0 Å². The molecule has 0 aromatic rings. The van der Waals surface area contributed by atoms with Gasteiger partial charge in [-0.15, -0.1) is 0 Å². The monoisotopic (exact) mass is 254 g/mol. The van der Waals surface area contributed by atoms with Crippen LogP contribution in [0.5, 0.6) is 0 Å². The second kappa shape index (κ2) is 5.92. The van der Waals surface area contributed by atoms with Gasteiger partial charge in [0.05, 0.1) is 18.3 Å². The summed E-state index contributed by atoms with van der Waals surface area (Å²) >= 11 is 0. The van der Waals surface area contributed by atoms with Gasteiger partial charge in [0.15, 0.2) is 0 Å². The Hall–Kier alpha value is -0.0800. The Kier molecular flexibility index (Phi) is 4.71. The second-order valence-corrected chi connectivity index (χ2v) is 6.59. The molecule has 1 N–H and O–H groups in total. The molecule has 106 valence electrons. The van der Waals surface area contributed by atoms with Gasteiger partial charge in [-0.3, -0.25) is 0 Å². The lowest BCUT2D eigenvalue weighted by atomic mass is 9.69.